The van der Waals surface area contributed by atoms with Crippen LogP contribution in [0, 0.1) is 0 Å². The Balaban J connectivity index is 2.58. The van der Waals surface area contributed by atoms with E-state index in [1.54, 1.807) is 24.3 Å². The highest BCUT2D eigenvalue weighted by molar-refractivity contribution is 5.84. The number of allylic oxidation sites excluding steroid dienone is 1. The highest BCUT2D eigenvalue weighted by Gasteiger charge is 2.19. The van der Waals surface area contributed by atoms with E-state index in [0.717, 1.165) is 6.08 Å². The fraction of sp³-hybridized carbons (Fsp3) is 0.200. The summed E-state index contributed by atoms with van der Waals surface area (Å²) in [4.78, 5) is 24.2. The van der Waals surface area contributed by atoms with Crippen molar-refractivity contribution in [2.75, 3.05) is 7.11 Å². The molecule has 1 atom stereocenters. The second-order valence-corrected chi connectivity index (χ2v) is 3.97. The molecular weight excluding hydrogens is 242 g/mol. The molecule has 1 amide bonds. The van der Waals surface area contributed by atoms with Crippen molar-refractivity contribution >= 4 is 17.9 Å². The minimum Gasteiger partial charge on any atom is -0.466 e. The van der Waals surface area contributed by atoms with E-state index >= 15 is 0 Å². The number of ether oxygens (including phenoxy) is 1. The fourth-order valence-electron chi connectivity index (χ4n) is 1.73. The largest absolute Gasteiger partial charge is 0.466 e. The predicted molar refractivity (Wildman–Crippen MR) is 71.8 cm³/mol. The van der Waals surface area contributed by atoms with E-state index in [0.29, 0.717) is 11.1 Å². The maximum atomic E-state index is 11.8. The van der Waals surface area contributed by atoms with E-state index in [-0.39, 0.29) is 17.7 Å². The number of hydrogen-bond donors (Lipinski definition) is 0. The lowest BCUT2D eigenvalue weighted by molar-refractivity contribution is -0.135. The van der Waals surface area contributed by atoms with Crippen LogP contribution in [-0.4, -0.2) is 23.9 Å². The number of esters is 1. The van der Waals surface area contributed by atoms with E-state index in [4.69, 9.17) is 2.74 Å². The van der Waals surface area contributed by atoms with E-state index in [9.17, 15) is 9.59 Å². The van der Waals surface area contributed by atoms with Gasteiger partial charge in [-0.05, 0) is 23.3 Å². The maximum Gasteiger partial charge on any atom is 0.330 e. The molecule has 1 aliphatic heterocycles. The molecule has 0 saturated heterocycles. The van der Waals surface area contributed by atoms with Gasteiger partial charge in [-0.2, -0.15) is 0 Å². The lowest BCUT2D eigenvalue weighted by Gasteiger charge is -2.27. The number of hydrogen-bond acceptors (Lipinski definition) is 3. The molecule has 0 spiro atoms. The Morgan fingerprint density at radius 1 is 1.47 bits per heavy atom. The first-order chi connectivity index (χ1) is 9.97. The zero-order valence-electron chi connectivity index (χ0n) is 12.7. The van der Waals surface area contributed by atoms with Crippen molar-refractivity contribution in [3.8, 4) is 0 Å². The fourth-order valence-corrected chi connectivity index (χ4v) is 1.73. The van der Waals surface area contributed by atoms with E-state index in [1.165, 1.54) is 25.0 Å². The standard InChI is InChI=1S/C15H15NO3/c1-11(17)16-10-13-6-4-3-5-12(13)9-14(16)7-8-15(18)19-2/h3-9H,10H2,1-2H3/b8-7+/i9D,10D. The first-order valence-electron chi connectivity index (χ1n) is 6.83. The van der Waals surface area contributed by atoms with Gasteiger partial charge in [0.15, 0.2) is 0 Å². The van der Waals surface area contributed by atoms with Gasteiger partial charge in [-0.15, -0.1) is 0 Å². The van der Waals surface area contributed by atoms with Crippen molar-refractivity contribution in [2.24, 2.45) is 0 Å². The third kappa shape index (κ3) is 2.91. The average Bonchev–Trinajstić information content (AvgIpc) is 2.48. The molecular formula is C15H15NO3. The Hall–Kier alpha value is -2.36. The molecule has 4 nitrogen and oxygen atoms in total. The quantitative estimate of drug-likeness (QED) is 0.603. The molecule has 1 aromatic rings. The van der Waals surface area contributed by atoms with Crippen LogP contribution in [-0.2, 0) is 20.8 Å². The molecule has 19 heavy (non-hydrogen) atoms. The smallest absolute Gasteiger partial charge is 0.330 e. The van der Waals surface area contributed by atoms with Gasteiger partial charge in [-0.25, -0.2) is 4.79 Å². The third-order valence-corrected chi connectivity index (χ3v) is 2.67. The summed E-state index contributed by atoms with van der Waals surface area (Å²) in [6.45, 7) is 0.388. The van der Waals surface area contributed by atoms with Gasteiger partial charge in [0.2, 0.25) is 5.91 Å². The van der Waals surface area contributed by atoms with E-state index in [2.05, 4.69) is 4.74 Å². The molecule has 1 unspecified atom stereocenters. The Morgan fingerprint density at radius 3 is 2.89 bits per heavy atom. The Bertz CT molecular complexity index is 652. The molecule has 1 aromatic carbocycles. The van der Waals surface area contributed by atoms with Crippen molar-refractivity contribution in [1.29, 1.82) is 0 Å². The summed E-state index contributed by atoms with van der Waals surface area (Å²) in [6.07, 6.45) is 2.48. The van der Waals surface area contributed by atoms with Crippen LogP contribution in [0.25, 0.3) is 6.05 Å². The van der Waals surface area contributed by atoms with Crippen molar-refractivity contribution in [3.63, 3.8) is 0 Å². The van der Waals surface area contributed by atoms with Gasteiger partial charge in [0, 0.05) is 18.7 Å². The lowest BCUT2D eigenvalue weighted by Crippen LogP contribution is -2.29. The lowest BCUT2D eigenvalue weighted by atomic mass is 10.0. The number of benzene rings is 1. The number of rotatable bonds is 2. The molecule has 0 aliphatic carbocycles. The first-order valence-corrected chi connectivity index (χ1v) is 5.75. The van der Waals surface area contributed by atoms with Crippen LogP contribution < -0.4 is 0 Å². The van der Waals surface area contributed by atoms with Crippen LogP contribution in [0.1, 0.15) is 20.8 Å². The van der Waals surface area contributed by atoms with Gasteiger partial charge in [0.05, 0.1) is 16.4 Å². The van der Waals surface area contributed by atoms with Gasteiger partial charge in [-0.3, -0.25) is 4.79 Å². The first kappa shape index (κ1) is 10.6. The molecule has 0 radical (unpaired) electrons. The zero-order chi connectivity index (χ0) is 15.6. The SMILES string of the molecule is [2H]C1=C(/C=C/C(=O)OC)N(C(C)=O)C([2H])c2ccccc21. The summed E-state index contributed by atoms with van der Waals surface area (Å²) >= 11 is 0. The molecule has 0 N–H and O–H groups in total. The summed E-state index contributed by atoms with van der Waals surface area (Å²) in [7, 11) is 1.24. The highest BCUT2D eigenvalue weighted by atomic mass is 16.5. The summed E-state index contributed by atoms with van der Waals surface area (Å²) < 4.78 is 21.0. The molecule has 0 bridgehead atoms. The highest BCUT2D eigenvalue weighted by Crippen LogP contribution is 2.25. The Morgan fingerprint density at radius 2 is 2.21 bits per heavy atom. The second kappa shape index (κ2) is 5.52. The summed E-state index contributed by atoms with van der Waals surface area (Å²) in [5.74, 6) is -0.946. The van der Waals surface area contributed by atoms with Crippen molar-refractivity contribution in [2.45, 2.75) is 13.4 Å². The number of methoxy groups -OCH3 is 1. The third-order valence-electron chi connectivity index (χ3n) is 2.67. The van der Waals surface area contributed by atoms with Crippen LogP contribution in [0.3, 0.4) is 0 Å². The number of amides is 1. The molecule has 0 fully saturated rings. The van der Waals surface area contributed by atoms with Gasteiger partial charge in [-0.1, -0.05) is 24.3 Å². The van der Waals surface area contributed by atoms with Crippen LogP contribution in [0.2, 0.25) is 0 Å². The minimum atomic E-state index is -0.940. The number of nitrogens with zero attached hydrogens (tertiary/aromatic N) is 1. The van der Waals surface area contributed by atoms with Crippen LogP contribution >= 0.6 is 0 Å². The molecule has 1 heterocycles. The Kier molecular flexibility index (Phi) is 3.07. The number of fused-ring (bicyclic) bond motifs is 1. The van der Waals surface area contributed by atoms with Gasteiger partial charge < -0.3 is 9.64 Å². The van der Waals surface area contributed by atoms with Crippen LogP contribution in [0.15, 0.2) is 42.1 Å². The number of carbonyl (C=O) groups excluding carboxylic acids is 2. The molecule has 4 heteroatoms. The van der Waals surface area contributed by atoms with Gasteiger partial charge in [0.25, 0.3) is 0 Å². The maximum absolute atomic E-state index is 11.8. The monoisotopic (exact) mass is 259 g/mol. The van der Waals surface area contributed by atoms with Crippen LogP contribution in [0.4, 0.5) is 0 Å². The molecule has 0 aromatic heterocycles. The molecule has 0 saturated carbocycles. The molecule has 98 valence electrons. The van der Waals surface area contributed by atoms with Crippen molar-refractivity contribution in [3.05, 3.63) is 53.2 Å². The average molecular weight is 259 g/mol. The second-order valence-electron chi connectivity index (χ2n) is 3.97. The number of carbonyl (C=O) groups is 2. The summed E-state index contributed by atoms with van der Waals surface area (Å²) in [5.41, 5.74) is 1.39. The van der Waals surface area contributed by atoms with Gasteiger partial charge >= 0.3 is 5.97 Å². The molecule has 2 rings (SSSR count). The van der Waals surface area contributed by atoms with E-state index < -0.39 is 12.5 Å². The van der Waals surface area contributed by atoms with E-state index in [1.807, 2.05) is 0 Å². The summed E-state index contributed by atoms with van der Waals surface area (Å²) in [5, 5.41) is 0. The predicted octanol–water partition coefficient (Wildman–Crippen LogP) is 2.12. The van der Waals surface area contributed by atoms with Crippen molar-refractivity contribution in [1.82, 2.24) is 4.90 Å². The summed E-state index contributed by atoms with van der Waals surface area (Å²) in [6, 6.07) is 7.08. The zero-order valence-corrected chi connectivity index (χ0v) is 10.7. The molecule has 1 aliphatic rings. The van der Waals surface area contributed by atoms with Crippen molar-refractivity contribution < 1.29 is 17.1 Å². The normalized spacial score (nSPS) is 19.9. The van der Waals surface area contributed by atoms with Gasteiger partial charge in [0.1, 0.15) is 0 Å². The Labute approximate surface area is 114 Å². The minimum absolute atomic E-state index is 0.101. The van der Waals surface area contributed by atoms with Crippen LogP contribution in [0.5, 0.6) is 0 Å². The topological polar surface area (TPSA) is 46.6 Å².